The van der Waals surface area contributed by atoms with E-state index in [1.54, 1.807) is 6.20 Å². The van der Waals surface area contributed by atoms with E-state index in [1.165, 1.54) is 6.42 Å². The highest BCUT2D eigenvalue weighted by atomic mass is 16.3. The number of nitrogens with one attached hydrogen (secondary N) is 1. The molecule has 2 heterocycles. The van der Waals surface area contributed by atoms with Gasteiger partial charge in [-0.15, -0.1) is 0 Å². The summed E-state index contributed by atoms with van der Waals surface area (Å²) in [4.78, 5) is 25.0. The molecule has 2 N–H and O–H groups in total. The Morgan fingerprint density at radius 3 is 2.79 bits per heavy atom. The fourth-order valence-corrected chi connectivity index (χ4v) is 2.79. The van der Waals surface area contributed by atoms with Gasteiger partial charge in [0.15, 0.2) is 0 Å². The normalized spacial score (nSPS) is 17.0. The van der Waals surface area contributed by atoms with Crippen molar-refractivity contribution in [2.75, 3.05) is 32.7 Å². The number of hydrogen-bond donors (Lipinski definition) is 2. The van der Waals surface area contributed by atoms with Crippen molar-refractivity contribution < 1.29 is 14.7 Å². The average molecular weight is 339 g/mol. The molecule has 1 fully saturated rings. The molecule has 24 heavy (non-hydrogen) atoms. The fraction of sp³-hybridized carbons (Fsp3) is 0.688. The minimum atomic E-state index is -0.250. The van der Waals surface area contributed by atoms with Crippen LogP contribution in [-0.2, 0) is 11.3 Å². The molecule has 1 aliphatic rings. The average Bonchev–Trinajstić information content (AvgIpc) is 3.21. The van der Waals surface area contributed by atoms with E-state index in [0.29, 0.717) is 12.6 Å². The second-order valence-corrected chi connectivity index (χ2v) is 5.69. The van der Waals surface area contributed by atoms with E-state index in [0.717, 1.165) is 39.1 Å². The van der Waals surface area contributed by atoms with Crippen LogP contribution in [0.3, 0.4) is 0 Å². The molecular formula is C16H29N5O3. The number of urea groups is 1. The molecule has 1 saturated heterocycles. The summed E-state index contributed by atoms with van der Waals surface area (Å²) in [5.41, 5.74) is 0. The molecule has 0 aromatic carbocycles. The van der Waals surface area contributed by atoms with Crippen LogP contribution in [0.25, 0.3) is 0 Å². The van der Waals surface area contributed by atoms with E-state index in [2.05, 4.69) is 22.2 Å². The van der Waals surface area contributed by atoms with E-state index in [9.17, 15) is 4.79 Å². The number of likely N-dealkylation sites (N-methyl/N-ethyl adjacent to an activating group) is 1. The summed E-state index contributed by atoms with van der Waals surface area (Å²) in [7, 11) is 0. The number of nitrogens with zero attached hydrogens (tertiary/aromatic N) is 4. The Bertz CT molecular complexity index is 466. The van der Waals surface area contributed by atoms with Crippen LogP contribution in [0.5, 0.6) is 0 Å². The van der Waals surface area contributed by atoms with Gasteiger partial charge in [-0.1, -0.05) is 6.92 Å². The lowest BCUT2D eigenvalue weighted by atomic mass is 10.3. The molecule has 0 radical (unpaired) electrons. The second-order valence-electron chi connectivity index (χ2n) is 5.69. The van der Waals surface area contributed by atoms with Crippen LogP contribution >= 0.6 is 0 Å². The van der Waals surface area contributed by atoms with E-state index in [-0.39, 0.29) is 12.5 Å². The minimum absolute atomic E-state index is 0.0491. The van der Waals surface area contributed by atoms with Crippen molar-refractivity contribution in [2.24, 2.45) is 0 Å². The largest absolute Gasteiger partial charge is 0.483 e. The topological polar surface area (TPSA) is 90.7 Å². The fourth-order valence-electron chi connectivity index (χ4n) is 2.79. The number of rotatable bonds is 7. The van der Waals surface area contributed by atoms with Gasteiger partial charge in [-0.05, 0) is 32.4 Å². The Kier molecular flexibility index (Phi) is 9.52. The molecule has 1 aromatic rings. The van der Waals surface area contributed by atoms with Crippen LogP contribution in [0.15, 0.2) is 18.5 Å². The van der Waals surface area contributed by atoms with Crippen LogP contribution in [0.4, 0.5) is 4.79 Å². The molecule has 1 aromatic heterocycles. The van der Waals surface area contributed by atoms with E-state index in [4.69, 9.17) is 9.90 Å². The Labute approximate surface area is 143 Å². The summed E-state index contributed by atoms with van der Waals surface area (Å²) in [6.45, 7) is 9.31. The first-order chi connectivity index (χ1) is 11.6. The Morgan fingerprint density at radius 2 is 2.21 bits per heavy atom. The lowest BCUT2D eigenvalue weighted by Gasteiger charge is -2.24. The molecule has 0 saturated carbocycles. The lowest BCUT2D eigenvalue weighted by Crippen LogP contribution is -2.46. The van der Waals surface area contributed by atoms with Crippen molar-refractivity contribution in [1.82, 2.24) is 24.9 Å². The number of likely N-dealkylation sites (tertiary alicyclic amines) is 1. The van der Waals surface area contributed by atoms with Gasteiger partial charge < -0.3 is 20.2 Å². The van der Waals surface area contributed by atoms with Crippen molar-refractivity contribution in [2.45, 2.75) is 39.3 Å². The first kappa shape index (κ1) is 20.0. The van der Waals surface area contributed by atoms with Gasteiger partial charge in [0, 0.05) is 44.6 Å². The van der Waals surface area contributed by atoms with Crippen LogP contribution in [0.2, 0.25) is 0 Å². The smallest absolute Gasteiger partial charge is 0.317 e. The Hall–Kier alpha value is -2.09. The van der Waals surface area contributed by atoms with Gasteiger partial charge in [0.05, 0.1) is 6.54 Å². The number of carboxylic acid groups (broad SMARTS) is 1. The SMILES string of the molecule is CCCN1CCC(NC(=O)N(CC)CCn2cccn2)C1.O=CO. The number of aromatic nitrogens is 2. The number of carbonyl (C=O) groups excluding carboxylic acids is 1. The first-order valence-corrected chi connectivity index (χ1v) is 8.47. The van der Waals surface area contributed by atoms with Gasteiger partial charge in [-0.2, -0.15) is 5.10 Å². The zero-order valence-corrected chi connectivity index (χ0v) is 14.6. The highest BCUT2D eigenvalue weighted by molar-refractivity contribution is 5.74. The lowest BCUT2D eigenvalue weighted by molar-refractivity contribution is -0.122. The summed E-state index contributed by atoms with van der Waals surface area (Å²) >= 11 is 0. The highest BCUT2D eigenvalue weighted by Gasteiger charge is 2.24. The van der Waals surface area contributed by atoms with Crippen LogP contribution in [-0.4, -0.2) is 76.0 Å². The molecule has 1 aliphatic heterocycles. The van der Waals surface area contributed by atoms with Gasteiger partial charge in [0.1, 0.15) is 0 Å². The van der Waals surface area contributed by atoms with E-state index in [1.807, 2.05) is 28.8 Å². The molecular weight excluding hydrogens is 310 g/mol. The monoisotopic (exact) mass is 339 g/mol. The van der Waals surface area contributed by atoms with E-state index >= 15 is 0 Å². The van der Waals surface area contributed by atoms with Crippen molar-refractivity contribution in [1.29, 1.82) is 0 Å². The number of amides is 2. The zero-order valence-electron chi connectivity index (χ0n) is 14.6. The quantitative estimate of drug-likeness (QED) is 0.726. The third-order valence-corrected chi connectivity index (χ3v) is 3.97. The maximum Gasteiger partial charge on any atom is 0.317 e. The van der Waals surface area contributed by atoms with Gasteiger partial charge in [-0.3, -0.25) is 9.48 Å². The van der Waals surface area contributed by atoms with Gasteiger partial charge >= 0.3 is 6.03 Å². The highest BCUT2D eigenvalue weighted by Crippen LogP contribution is 2.09. The molecule has 1 unspecified atom stereocenters. The summed E-state index contributed by atoms with van der Waals surface area (Å²) in [6.07, 6.45) is 5.91. The van der Waals surface area contributed by atoms with E-state index < -0.39 is 0 Å². The van der Waals surface area contributed by atoms with Crippen molar-refractivity contribution in [3.63, 3.8) is 0 Å². The van der Waals surface area contributed by atoms with Crippen LogP contribution in [0.1, 0.15) is 26.7 Å². The summed E-state index contributed by atoms with van der Waals surface area (Å²) in [5.74, 6) is 0. The number of carbonyl (C=O) groups is 2. The maximum atomic E-state index is 12.3. The van der Waals surface area contributed by atoms with Crippen molar-refractivity contribution in [3.05, 3.63) is 18.5 Å². The molecule has 0 bridgehead atoms. The minimum Gasteiger partial charge on any atom is -0.483 e. The van der Waals surface area contributed by atoms with Gasteiger partial charge in [0.25, 0.3) is 6.47 Å². The summed E-state index contributed by atoms with van der Waals surface area (Å²) < 4.78 is 1.86. The molecule has 8 nitrogen and oxygen atoms in total. The number of hydrogen-bond acceptors (Lipinski definition) is 4. The maximum absolute atomic E-state index is 12.3. The Morgan fingerprint density at radius 1 is 1.46 bits per heavy atom. The van der Waals surface area contributed by atoms with Crippen LogP contribution in [0, 0.1) is 0 Å². The van der Waals surface area contributed by atoms with Crippen molar-refractivity contribution in [3.8, 4) is 0 Å². The zero-order chi connectivity index (χ0) is 17.8. The summed E-state index contributed by atoms with van der Waals surface area (Å²) in [6, 6.07) is 2.24. The third kappa shape index (κ3) is 6.99. The molecule has 136 valence electrons. The second kappa shape index (κ2) is 11.4. The van der Waals surface area contributed by atoms with Gasteiger partial charge in [0.2, 0.25) is 0 Å². The standard InChI is InChI=1S/C15H27N5O.CH2O2/c1-3-8-18-10-6-14(13-18)17-15(21)19(4-2)11-12-20-9-5-7-16-20;2-1-3/h5,7,9,14H,3-4,6,8,10-13H2,1-2H3,(H,17,21);1H,(H,2,3). The van der Waals surface area contributed by atoms with Gasteiger partial charge in [-0.25, -0.2) is 4.79 Å². The first-order valence-electron chi connectivity index (χ1n) is 8.47. The predicted molar refractivity (Wildman–Crippen MR) is 91.8 cm³/mol. The molecule has 1 atom stereocenters. The molecule has 0 spiro atoms. The molecule has 2 rings (SSSR count). The predicted octanol–water partition coefficient (Wildman–Crippen LogP) is 1.10. The Balaban J connectivity index is 0.000000891. The van der Waals surface area contributed by atoms with Crippen molar-refractivity contribution >= 4 is 12.5 Å². The third-order valence-electron chi connectivity index (χ3n) is 3.97. The molecule has 8 heteroatoms. The van der Waals surface area contributed by atoms with Crippen LogP contribution < -0.4 is 5.32 Å². The summed E-state index contributed by atoms with van der Waals surface area (Å²) in [5, 5.41) is 14.2. The molecule has 0 aliphatic carbocycles. The molecule has 2 amide bonds.